The Bertz CT molecular complexity index is 966. The van der Waals surface area contributed by atoms with Gasteiger partial charge in [0.15, 0.2) is 5.65 Å². The first-order chi connectivity index (χ1) is 15.2. The molecule has 1 saturated carbocycles. The number of rotatable bonds is 3. The fourth-order valence-corrected chi connectivity index (χ4v) is 5.33. The number of amides is 1. The van der Waals surface area contributed by atoms with Gasteiger partial charge in [-0.1, -0.05) is 0 Å². The standard InChI is InChI=1S/C23H31F3N4O2/c1-4-32-22(31)29-11-5-6-18(15(29)3)20-12-14(2)27-21-13-19(28-30(20)21)16-7-9-17(10-8-16)23(24,25)26/h12-13,15-18H,4-11H2,1-3H3/t15-,16-,17-,18-/m1/s1. The monoisotopic (exact) mass is 452 g/mol. The van der Waals surface area contributed by atoms with Crippen molar-refractivity contribution in [3.63, 3.8) is 0 Å². The van der Waals surface area contributed by atoms with E-state index < -0.39 is 12.1 Å². The van der Waals surface area contributed by atoms with Crippen LogP contribution in [0.15, 0.2) is 12.1 Å². The van der Waals surface area contributed by atoms with E-state index in [1.807, 2.05) is 30.5 Å². The molecule has 4 rings (SSSR count). The molecule has 1 aliphatic heterocycles. The SMILES string of the molecule is CCOC(=O)N1CCC[C@@H](c2cc(C)nc3cc([C@H]4CC[C@H](C(F)(F)F)CC4)nn23)[C@H]1C. The van der Waals surface area contributed by atoms with Crippen molar-refractivity contribution >= 4 is 11.7 Å². The second-order valence-corrected chi connectivity index (χ2v) is 9.13. The van der Waals surface area contributed by atoms with Gasteiger partial charge < -0.3 is 9.64 Å². The molecular formula is C23H31F3N4O2. The summed E-state index contributed by atoms with van der Waals surface area (Å²) in [6.07, 6.45) is -1.36. The summed E-state index contributed by atoms with van der Waals surface area (Å²) in [4.78, 5) is 18.8. The molecule has 0 aromatic carbocycles. The number of nitrogens with zero attached hydrogens (tertiary/aromatic N) is 4. The first-order valence-corrected chi connectivity index (χ1v) is 11.6. The van der Waals surface area contributed by atoms with Gasteiger partial charge in [0.1, 0.15) is 0 Å². The van der Waals surface area contributed by atoms with Crippen molar-refractivity contribution in [1.29, 1.82) is 0 Å². The normalized spacial score (nSPS) is 27.0. The molecule has 0 N–H and O–H groups in total. The zero-order chi connectivity index (χ0) is 23.0. The van der Waals surface area contributed by atoms with Gasteiger partial charge in [0, 0.05) is 36.2 Å². The van der Waals surface area contributed by atoms with Crippen LogP contribution in [0.25, 0.3) is 5.65 Å². The van der Waals surface area contributed by atoms with E-state index in [9.17, 15) is 18.0 Å². The van der Waals surface area contributed by atoms with Gasteiger partial charge in [-0.3, -0.25) is 0 Å². The number of alkyl halides is 3. The largest absolute Gasteiger partial charge is 0.450 e. The smallest absolute Gasteiger partial charge is 0.410 e. The first kappa shape index (κ1) is 22.9. The second kappa shape index (κ2) is 8.90. The Morgan fingerprint density at radius 3 is 2.56 bits per heavy atom. The summed E-state index contributed by atoms with van der Waals surface area (Å²) in [5, 5.41) is 4.82. The van der Waals surface area contributed by atoms with E-state index in [2.05, 4.69) is 4.98 Å². The van der Waals surface area contributed by atoms with Crippen LogP contribution in [0, 0.1) is 12.8 Å². The lowest BCUT2D eigenvalue weighted by atomic mass is 9.80. The summed E-state index contributed by atoms with van der Waals surface area (Å²) < 4.78 is 46.2. The summed E-state index contributed by atoms with van der Waals surface area (Å²) in [6, 6.07) is 3.88. The highest BCUT2D eigenvalue weighted by Gasteiger charge is 2.42. The van der Waals surface area contributed by atoms with Gasteiger partial charge in [0.25, 0.3) is 0 Å². The summed E-state index contributed by atoms with van der Waals surface area (Å²) in [5.41, 5.74) is 3.38. The zero-order valence-electron chi connectivity index (χ0n) is 18.9. The maximum absolute atomic E-state index is 13.0. The van der Waals surface area contributed by atoms with Crippen LogP contribution in [0.4, 0.5) is 18.0 Å². The van der Waals surface area contributed by atoms with Crippen molar-refractivity contribution in [2.75, 3.05) is 13.2 Å². The molecule has 2 atom stereocenters. The topological polar surface area (TPSA) is 59.7 Å². The van der Waals surface area contributed by atoms with Crippen LogP contribution in [0.5, 0.6) is 0 Å². The molecule has 32 heavy (non-hydrogen) atoms. The summed E-state index contributed by atoms with van der Waals surface area (Å²) in [6.45, 7) is 6.76. The number of halogens is 3. The molecule has 1 aliphatic carbocycles. The number of aromatic nitrogens is 3. The number of hydrogen-bond donors (Lipinski definition) is 0. The molecule has 0 radical (unpaired) electrons. The van der Waals surface area contributed by atoms with Crippen molar-refractivity contribution in [3.05, 3.63) is 29.2 Å². The van der Waals surface area contributed by atoms with Gasteiger partial charge in [-0.05, 0) is 65.4 Å². The molecule has 6 nitrogen and oxygen atoms in total. The third-order valence-electron chi connectivity index (χ3n) is 7.08. The lowest BCUT2D eigenvalue weighted by molar-refractivity contribution is -0.182. The van der Waals surface area contributed by atoms with Crippen LogP contribution in [0.3, 0.4) is 0 Å². The highest BCUT2D eigenvalue weighted by atomic mass is 19.4. The van der Waals surface area contributed by atoms with Gasteiger partial charge in [-0.2, -0.15) is 18.3 Å². The Labute approximate surface area is 186 Å². The first-order valence-electron chi connectivity index (χ1n) is 11.6. The lowest BCUT2D eigenvalue weighted by Gasteiger charge is -2.38. The fraction of sp³-hybridized carbons (Fsp3) is 0.696. The number of piperidine rings is 1. The highest BCUT2D eigenvalue weighted by Crippen LogP contribution is 2.43. The van der Waals surface area contributed by atoms with E-state index in [0.29, 0.717) is 31.6 Å². The highest BCUT2D eigenvalue weighted by molar-refractivity contribution is 5.68. The van der Waals surface area contributed by atoms with Gasteiger partial charge in [0.05, 0.1) is 23.9 Å². The van der Waals surface area contributed by atoms with Crippen molar-refractivity contribution in [1.82, 2.24) is 19.5 Å². The number of carbonyl (C=O) groups excluding carboxylic acids is 1. The molecule has 2 aliphatic rings. The molecule has 1 saturated heterocycles. The van der Waals surface area contributed by atoms with Gasteiger partial charge >= 0.3 is 12.3 Å². The predicted molar refractivity (Wildman–Crippen MR) is 114 cm³/mol. The van der Waals surface area contributed by atoms with Crippen molar-refractivity contribution in [2.24, 2.45) is 5.92 Å². The molecule has 0 bridgehead atoms. The predicted octanol–water partition coefficient (Wildman–Crippen LogP) is 5.60. The Morgan fingerprint density at radius 2 is 1.91 bits per heavy atom. The van der Waals surface area contributed by atoms with Crippen LogP contribution in [-0.2, 0) is 4.74 Å². The summed E-state index contributed by atoms with van der Waals surface area (Å²) in [5.74, 6) is -1.11. The number of carbonyl (C=O) groups is 1. The van der Waals surface area contributed by atoms with Crippen LogP contribution < -0.4 is 0 Å². The number of ether oxygens (including phenoxy) is 1. The summed E-state index contributed by atoms with van der Waals surface area (Å²) >= 11 is 0. The van der Waals surface area contributed by atoms with E-state index in [-0.39, 0.29) is 36.8 Å². The Hall–Kier alpha value is -2.32. The van der Waals surface area contributed by atoms with Gasteiger partial charge in [-0.15, -0.1) is 0 Å². The maximum atomic E-state index is 13.0. The molecule has 0 unspecified atom stereocenters. The average Bonchev–Trinajstić information content (AvgIpc) is 3.17. The van der Waals surface area contributed by atoms with E-state index in [4.69, 9.17) is 9.84 Å². The third kappa shape index (κ3) is 4.43. The zero-order valence-corrected chi connectivity index (χ0v) is 18.9. The number of aryl methyl sites for hydroxylation is 1. The Morgan fingerprint density at radius 1 is 1.19 bits per heavy atom. The van der Waals surface area contributed by atoms with E-state index in [1.165, 1.54) is 0 Å². The third-order valence-corrected chi connectivity index (χ3v) is 7.08. The molecule has 2 aromatic heterocycles. The minimum atomic E-state index is -4.11. The minimum Gasteiger partial charge on any atom is -0.450 e. The number of likely N-dealkylation sites (tertiary alicyclic amines) is 1. The molecule has 2 fully saturated rings. The van der Waals surface area contributed by atoms with Crippen LogP contribution in [0.2, 0.25) is 0 Å². The summed E-state index contributed by atoms with van der Waals surface area (Å²) in [7, 11) is 0. The molecule has 0 spiro atoms. The van der Waals surface area contributed by atoms with Crippen LogP contribution in [0.1, 0.15) is 81.3 Å². The van der Waals surface area contributed by atoms with Crippen molar-refractivity contribution in [3.8, 4) is 0 Å². The molecule has 176 valence electrons. The average molecular weight is 453 g/mol. The molecule has 1 amide bonds. The lowest BCUT2D eigenvalue weighted by Crippen LogP contribution is -2.46. The minimum absolute atomic E-state index is 0.0169. The quantitative estimate of drug-likeness (QED) is 0.608. The van der Waals surface area contributed by atoms with E-state index >= 15 is 0 Å². The van der Waals surface area contributed by atoms with Crippen molar-refractivity contribution in [2.45, 2.75) is 83.4 Å². The maximum Gasteiger partial charge on any atom is 0.410 e. The van der Waals surface area contributed by atoms with E-state index in [0.717, 1.165) is 29.9 Å². The molecular weight excluding hydrogens is 421 g/mol. The Balaban J connectivity index is 1.61. The van der Waals surface area contributed by atoms with Gasteiger partial charge in [0.2, 0.25) is 0 Å². The van der Waals surface area contributed by atoms with Crippen LogP contribution >= 0.6 is 0 Å². The second-order valence-electron chi connectivity index (χ2n) is 9.13. The fourth-order valence-electron chi connectivity index (χ4n) is 5.33. The van der Waals surface area contributed by atoms with Gasteiger partial charge in [-0.25, -0.2) is 14.3 Å². The number of hydrogen-bond acceptors (Lipinski definition) is 4. The molecule has 2 aromatic rings. The van der Waals surface area contributed by atoms with E-state index in [1.54, 1.807) is 11.8 Å². The molecule has 3 heterocycles. The van der Waals surface area contributed by atoms with Crippen LogP contribution in [-0.4, -0.2) is 51.0 Å². The number of fused-ring (bicyclic) bond motifs is 1. The van der Waals surface area contributed by atoms with Crippen molar-refractivity contribution < 1.29 is 22.7 Å². The Kier molecular flexibility index (Phi) is 6.36. The molecule has 9 heteroatoms.